The molecule has 2 aromatic carbocycles. The van der Waals surface area contributed by atoms with Crippen LogP contribution in [0.4, 0.5) is 0 Å². The summed E-state index contributed by atoms with van der Waals surface area (Å²) in [7, 11) is 5.31. The van der Waals surface area contributed by atoms with Crippen LogP contribution in [0.2, 0.25) is 0 Å². The van der Waals surface area contributed by atoms with Crippen molar-refractivity contribution in [3.63, 3.8) is 0 Å². The van der Waals surface area contributed by atoms with E-state index in [1.54, 1.807) is 36.4 Å². The molecule has 206 valence electrons. The van der Waals surface area contributed by atoms with Crippen LogP contribution in [-0.4, -0.2) is 80.2 Å². The molecule has 2 aromatic rings. The van der Waals surface area contributed by atoms with E-state index >= 15 is 0 Å². The highest BCUT2D eigenvalue weighted by Crippen LogP contribution is 2.43. The predicted octanol–water partition coefficient (Wildman–Crippen LogP) is 4.26. The standard InChI is InChI=1S/C29H38N2O7/c1-8-36-20-11-12-21(23(17-20)37-9-2)27(32)25-26(31(15-14-30(5)6)29(34)28(25)33)19-10-13-22(38-18(3)4)24(16-19)35-7/h10-13,16-18,26,32H,8-9,14-15H2,1-7H3/b27-25+. The second-order valence-electron chi connectivity index (χ2n) is 9.40. The first-order chi connectivity index (χ1) is 18.1. The van der Waals surface area contributed by atoms with Crippen molar-refractivity contribution < 1.29 is 33.6 Å². The number of carbonyl (C=O) groups excluding carboxylic acids is 2. The van der Waals surface area contributed by atoms with Gasteiger partial charge in [0, 0.05) is 19.2 Å². The van der Waals surface area contributed by atoms with Crippen LogP contribution < -0.4 is 18.9 Å². The number of likely N-dealkylation sites (N-methyl/N-ethyl adjacent to an activating group) is 1. The van der Waals surface area contributed by atoms with Crippen LogP contribution in [0.5, 0.6) is 23.0 Å². The molecule has 0 aromatic heterocycles. The maximum absolute atomic E-state index is 13.4. The molecule has 9 nitrogen and oxygen atoms in total. The van der Waals surface area contributed by atoms with Crippen molar-refractivity contribution in [3.8, 4) is 23.0 Å². The summed E-state index contributed by atoms with van der Waals surface area (Å²) in [5.74, 6) is 0.182. The zero-order valence-electron chi connectivity index (χ0n) is 23.2. The topological polar surface area (TPSA) is 97.8 Å². The Morgan fingerprint density at radius 3 is 2.32 bits per heavy atom. The molecule has 3 rings (SSSR count). The molecule has 1 aliphatic rings. The van der Waals surface area contributed by atoms with E-state index < -0.39 is 17.7 Å². The second kappa shape index (κ2) is 12.7. The smallest absolute Gasteiger partial charge is 0.295 e. The van der Waals surface area contributed by atoms with Crippen LogP contribution in [0, 0.1) is 0 Å². The number of aliphatic hydroxyl groups is 1. The largest absolute Gasteiger partial charge is 0.507 e. The minimum atomic E-state index is -0.835. The molecule has 1 atom stereocenters. The van der Waals surface area contributed by atoms with Crippen LogP contribution in [0.15, 0.2) is 42.0 Å². The summed E-state index contributed by atoms with van der Waals surface area (Å²) in [5.41, 5.74) is 0.900. The molecule has 9 heteroatoms. The molecule has 1 aliphatic heterocycles. The Labute approximate surface area is 224 Å². The van der Waals surface area contributed by atoms with Gasteiger partial charge in [-0.05, 0) is 71.6 Å². The predicted molar refractivity (Wildman–Crippen MR) is 145 cm³/mol. The van der Waals surface area contributed by atoms with Crippen LogP contribution in [0.25, 0.3) is 5.76 Å². The Morgan fingerprint density at radius 1 is 1.00 bits per heavy atom. The fourth-order valence-electron chi connectivity index (χ4n) is 4.35. The molecule has 1 N–H and O–H groups in total. The van der Waals surface area contributed by atoms with E-state index in [-0.39, 0.29) is 24.0 Å². The van der Waals surface area contributed by atoms with Gasteiger partial charge >= 0.3 is 0 Å². The van der Waals surface area contributed by atoms with Gasteiger partial charge < -0.3 is 33.9 Å². The maximum atomic E-state index is 13.4. The third-order valence-electron chi connectivity index (χ3n) is 6.01. The number of Topliss-reactive ketones (excluding diaryl/α,β-unsaturated/α-hetero) is 1. The van der Waals surface area contributed by atoms with Gasteiger partial charge in [0.15, 0.2) is 11.5 Å². The third kappa shape index (κ3) is 6.22. The lowest BCUT2D eigenvalue weighted by molar-refractivity contribution is -0.140. The van der Waals surface area contributed by atoms with E-state index in [2.05, 4.69) is 0 Å². The number of methoxy groups -OCH3 is 1. The summed E-state index contributed by atoms with van der Waals surface area (Å²) in [6.07, 6.45) is -0.0721. The molecule has 0 spiro atoms. The van der Waals surface area contributed by atoms with Gasteiger partial charge in [-0.15, -0.1) is 0 Å². The number of ketones is 1. The van der Waals surface area contributed by atoms with E-state index in [1.807, 2.05) is 46.7 Å². The number of aliphatic hydroxyl groups excluding tert-OH is 1. The van der Waals surface area contributed by atoms with E-state index in [1.165, 1.54) is 12.0 Å². The first kappa shape index (κ1) is 28.8. The van der Waals surface area contributed by atoms with Gasteiger partial charge in [-0.3, -0.25) is 9.59 Å². The van der Waals surface area contributed by atoms with Crippen molar-refractivity contribution in [2.75, 3.05) is 47.5 Å². The van der Waals surface area contributed by atoms with Crippen molar-refractivity contribution in [3.05, 3.63) is 53.1 Å². The number of rotatable bonds is 12. The van der Waals surface area contributed by atoms with Crippen molar-refractivity contribution >= 4 is 17.4 Å². The molecule has 1 fully saturated rings. The van der Waals surface area contributed by atoms with Crippen LogP contribution in [0.3, 0.4) is 0 Å². The summed E-state index contributed by atoms with van der Waals surface area (Å²) in [4.78, 5) is 30.1. The number of benzene rings is 2. The molecule has 38 heavy (non-hydrogen) atoms. The third-order valence-corrected chi connectivity index (χ3v) is 6.01. The quantitative estimate of drug-likeness (QED) is 0.249. The van der Waals surface area contributed by atoms with Crippen molar-refractivity contribution in [1.82, 2.24) is 9.80 Å². The highest BCUT2D eigenvalue weighted by atomic mass is 16.5. The lowest BCUT2D eigenvalue weighted by Crippen LogP contribution is -2.35. The molecule has 0 radical (unpaired) electrons. The van der Waals surface area contributed by atoms with E-state index in [0.717, 1.165) is 0 Å². The molecular weight excluding hydrogens is 488 g/mol. The summed E-state index contributed by atoms with van der Waals surface area (Å²) < 4.78 is 22.8. The zero-order chi connectivity index (χ0) is 28.0. The van der Waals surface area contributed by atoms with Gasteiger partial charge in [0.05, 0.1) is 43.6 Å². The minimum Gasteiger partial charge on any atom is -0.507 e. The van der Waals surface area contributed by atoms with Crippen molar-refractivity contribution in [2.45, 2.75) is 39.8 Å². The van der Waals surface area contributed by atoms with Gasteiger partial charge in [-0.2, -0.15) is 0 Å². The summed E-state index contributed by atoms with van der Waals surface area (Å²) >= 11 is 0. The lowest BCUT2D eigenvalue weighted by atomic mass is 9.94. The molecular formula is C29H38N2O7. The van der Waals surface area contributed by atoms with E-state index in [9.17, 15) is 14.7 Å². The Bertz CT molecular complexity index is 1190. The maximum Gasteiger partial charge on any atom is 0.295 e. The van der Waals surface area contributed by atoms with E-state index in [0.29, 0.717) is 53.9 Å². The van der Waals surface area contributed by atoms with Crippen LogP contribution in [0.1, 0.15) is 44.9 Å². The zero-order valence-corrected chi connectivity index (χ0v) is 23.2. The number of amides is 1. The Hall–Kier alpha value is -3.72. The van der Waals surface area contributed by atoms with E-state index in [4.69, 9.17) is 18.9 Å². The number of carbonyl (C=O) groups is 2. The fourth-order valence-corrected chi connectivity index (χ4v) is 4.35. The number of hydrogen-bond donors (Lipinski definition) is 1. The van der Waals surface area contributed by atoms with Crippen LogP contribution >= 0.6 is 0 Å². The van der Waals surface area contributed by atoms with Gasteiger partial charge in [0.2, 0.25) is 0 Å². The molecule has 1 amide bonds. The molecule has 0 aliphatic carbocycles. The average Bonchev–Trinajstić information content (AvgIpc) is 3.12. The normalized spacial score (nSPS) is 16.9. The first-order valence-corrected chi connectivity index (χ1v) is 12.8. The minimum absolute atomic E-state index is 0.0153. The summed E-state index contributed by atoms with van der Waals surface area (Å²) in [5, 5.41) is 11.6. The Kier molecular flexibility index (Phi) is 9.63. The molecule has 0 bridgehead atoms. The lowest BCUT2D eigenvalue weighted by Gasteiger charge is -2.27. The van der Waals surface area contributed by atoms with Crippen molar-refractivity contribution in [1.29, 1.82) is 0 Å². The molecule has 1 unspecified atom stereocenters. The number of ether oxygens (including phenoxy) is 4. The Morgan fingerprint density at radius 2 is 1.71 bits per heavy atom. The first-order valence-electron chi connectivity index (χ1n) is 12.8. The molecule has 0 saturated carbocycles. The Balaban J connectivity index is 2.21. The van der Waals surface area contributed by atoms with Gasteiger partial charge in [-0.25, -0.2) is 0 Å². The fraction of sp³-hybridized carbons (Fsp3) is 0.448. The number of likely N-dealkylation sites (tertiary alicyclic amines) is 1. The molecule has 1 saturated heterocycles. The van der Waals surface area contributed by atoms with Crippen LogP contribution in [-0.2, 0) is 9.59 Å². The van der Waals surface area contributed by atoms with Crippen molar-refractivity contribution in [2.24, 2.45) is 0 Å². The molecule has 1 heterocycles. The number of hydrogen-bond acceptors (Lipinski definition) is 8. The second-order valence-corrected chi connectivity index (χ2v) is 9.40. The highest BCUT2D eigenvalue weighted by molar-refractivity contribution is 6.46. The summed E-state index contributed by atoms with van der Waals surface area (Å²) in [6.45, 7) is 9.14. The monoisotopic (exact) mass is 526 g/mol. The van der Waals surface area contributed by atoms with Gasteiger partial charge in [0.1, 0.15) is 17.3 Å². The van der Waals surface area contributed by atoms with Gasteiger partial charge in [-0.1, -0.05) is 6.07 Å². The highest BCUT2D eigenvalue weighted by Gasteiger charge is 2.46. The average molecular weight is 527 g/mol. The van der Waals surface area contributed by atoms with Gasteiger partial charge in [0.25, 0.3) is 11.7 Å². The number of nitrogens with zero attached hydrogens (tertiary/aromatic N) is 2. The summed E-state index contributed by atoms with van der Waals surface area (Å²) in [6, 6.07) is 9.44. The SMILES string of the molecule is CCOc1ccc(/C(O)=C2\C(=O)C(=O)N(CCN(C)C)C2c2ccc(OC(C)C)c(OC)c2)c(OCC)c1.